The van der Waals surface area contributed by atoms with Crippen molar-refractivity contribution >= 4 is 5.97 Å². The zero-order valence-electron chi connectivity index (χ0n) is 23.9. The first-order valence-electron chi connectivity index (χ1n) is 15.7. The highest BCUT2D eigenvalue weighted by Gasteiger charge is 1.97. The molecule has 214 valence electrons. The highest BCUT2D eigenvalue weighted by Crippen LogP contribution is 2.12. The van der Waals surface area contributed by atoms with E-state index in [0.717, 1.165) is 52.1 Å². The number of carbonyl (C=O) groups is 1. The number of nitrogens with one attached hydrogen (secondary N) is 3. The third-order valence-corrected chi connectivity index (χ3v) is 6.96. The summed E-state index contributed by atoms with van der Waals surface area (Å²) in [5.41, 5.74) is 0. The molecule has 0 aromatic carbocycles. The van der Waals surface area contributed by atoms with Crippen LogP contribution in [0.2, 0.25) is 0 Å². The van der Waals surface area contributed by atoms with Crippen molar-refractivity contribution in [3.05, 3.63) is 12.7 Å². The van der Waals surface area contributed by atoms with E-state index in [4.69, 9.17) is 5.11 Å². The van der Waals surface area contributed by atoms with Crippen LogP contribution in [0.5, 0.6) is 0 Å². The predicted octanol–water partition coefficient (Wildman–Crippen LogP) is 7.61. The van der Waals surface area contributed by atoms with E-state index in [1.54, 1.807) is 0 Å². The monoisotopic (exact) mass is 509 g/mol. The molecule has 36 heavy (non-hydrogen) atoms. The third kappa shape index (κ3) is 33.1. The van der Waals surface area contributed by atoms with Gasteiger partial charge in [-0.25, -0.2) is 0 Å². The lowest BCUT2D eigenvalue weighted by Crippen LogP contribution is -2.33. The first-order chi connectivity index (χ1) is 17.8. The van der Waals surface area contributed by atoms with Crippen molar-refractivity contribution in [2.75, 3.05) is 39.3 Å². The Morgan fingerprint density at radius 2 is 0.778 bits per heavy atom. The molecule has 0 radical (unpaired) electrons. The van der Waals surface area contributed by atoms with Gasteiger partial charge in [-0.3, -0.25) is 4.79 Å². The average Bonchev–Trinajstić information content (AvgIpc) is 2.87. The summed E-state index contributed by atoms with van der Waals surface area (Å²) in [6.45, 7) is 10.3. The Labute approximate surface area is 225 Å². The van der Waals surface area contributed by atoms with Gasteiger partial charge in [-0.1, -0.05) is 109 Å². The van der Waals surface area contributed by atoms with Gasteiger partial charge in [0.25, 0.3) is 0 Å². The van der Waals surface area contributed by atoms with Crippen molar-refractivity contribution in [3.63, 3.8) is 0 Å². The van der Waals surface area contributed by atoms with Crippen LogP contribution < -0.4 is 16.0 Å². The lowest BCUT2D eigenvalue weighted by molar-refractivity contribution is -0.137. The molecule has 0 atom stereocenters. The van der Waals surface area contributed by atoms with Gasteiger partial charge in [-0.15, -0.1) is 6.58 Å². The molecule has 0 spiro atoms. The minimum atomic E-state index is -0.660. The topological polar surface area (TPSA) is 73.4 Å². The maximum Gasteiger partial charge on any atom is 0.303 e. The first kappa shape index (κ1) is 35.1. The molecule has 0 amide bonds. The molecule has 5 heteroatoms. The first-order valence-corrected chi connectivity index (χ1v) is 15.7. The molecule has 0 saturated heterocycles. The summed E-state index contributed by atoms with van der Waals surface area (Å²) in [6.07, 6.45) is 29.8. The largest absolute Gasteiger partial charge is 0.481 e. The highest BCUT2D eigenvalue weighted by atomic mass is 16.4. The number of carboxylic acid groups (broad SMARTS) is 1. The fourth-order valence-corrected chi connectivity index (χ4v) is 4.62. The van der Waals surface area contributed by atoms with Gasteiger partial charge in [0, 0.05) is 32.6 Å². The standard InChI is InChI=1S/C31H63N3O2/c1-2-3-4-5-6-7-8-10-13-16-19-22-25-32-27-29-34-30-28-33-26-23-20-17-14-11-9-12-15-18-21-24-31(35)36/h2,32-34H,1,3-30H2,(H,35,36). The SMILES string of the molecule is C=CCCCCCCCCCCCCNCCNCCNCCCCCCCCCCCCC(=O)O. The molecule has 0 saturated carbocycles. The Hall–Kier alpha value is -0.910. The molecule has 0 fully saturated rings. The van der Waals surface area contributed by atoms with E-state index >= 15 is 0 Å². The Kier molecular flexibility index (Phi) is 31.3. The van der Waals surface area contributed by atoms with Crippen LogP contribution in [0.4, 0.5) is 0 Å². The van der Waals surface area contributed by atoms with Crippen molar-refractivity contribution in [2.45, 2.75) is 141 Å². The second-order valence-corrected chi connectivity index (χ2v) is 10.5. The Morgan fingerprint density at radius 1 is 0.472 bits per heavy atom. The second-order valence-electron chi connectivity index (χ2n) is 10.5. The van der Waals surface area contributed by atoms with Crippen LogP contribution in [0.25, 0.3) is 0 Å². The quantitative estimate of drug-likeness (QED) is 0.0555. The number of rotatable bonds is 32. The molecule has 0 bridgehead atoms. The van der Waals surface area contributed by atoms with E-state index in [0.29, 0.717) is 6.42 Å². The predicted molar refractivity (Wildman–Crippen MR) is 158 cm³/mol. The lowest BCUT2D eigenvalue weighted by Gasteiger charge is -2.08. The number of carboxylic acids is 1. The third-order valence-electron chi connectivity index (χ3n) is 6.96. The molecule has 0 heterocycles. The molecule has 0 aliphatic heterocycles. The molecule has 5 nitrogen and oxygen atoms in total. The van der Waals surface area contributed by atoms with Gasteiger partial charge in [0.05, 0.1) is 0 Å². The fraction of sp³-hybridized carbons (Fsp3) is 0.903. The van der Waals surface area contributed by atoms with E-state index in [-0.39, 0.29) is 0 Å². The van der Waals surface area contributed by atoms with Gasteiger partial charge in [-0.05, 0) is 45.2 Å². The average molecular weight is 510 g/mol. The van der Waals surface area contributed by atoms with Gasteiger partial charge in [0.15, 0.2) is 0 Å². The zero-order valence-corrected chi connectivity index (χ0v) is 23.9. The Bertz CT molecular complexity index is 446. The van der Waals surface area contributed by atoms with Gasteiger partial charge in [0.1, 0.15) is 0 Å². The number of unbranched alkanes of at least 4 members (excludes halogenated alkanes) is 19. The van der Waals surface area contributed by atoms with Gasteiger partial charge < -0.3 is 21.1 Å². The van der Waals surface area contributed by atoms with Crippen molar-refractivity contribution in [2.24, 2.45) is 0 Å². The van der Waals surface area contributed by atoms with Crippen molar-refractivity contribution in [1.82, 2.24) is 16.0 Å². The van der Waals surface area contributed by atoms with E-state index < -0.39 is 5.97 Å². The molecular formula is C31H63N3O2. The highest BCUT2D eigenvalue weighted by molar-refractivity contribution is 5.66. The number of allylic oxidation sites excluding steroid dienone is 1. The summed E-state index contributed by atoms with van der Waals surface area (Å²) < 4.78 is 0. The minimum Gasteiger partial charge on any atom is -0.481 e. The molecule has 0 aromatic rings. The van der Waals surface area contributed by atoms with E-state index in [2.05, 4.69) is 22.5 Å². The summed E-state index contributed by atoms with van der Waals surface area (Å²) >= 11 is 0. The van der Waals surface area contributed by atoms with Gasteiger partial charge in [-0.2, -0.15) is 0 Å². The van der Waals surface area contributed by atoms with Gasteiger partial charge >= 0.3 is 5.97 Å². The molecule has 0 unspecified atom stereocenters. The van der Waals surface area contributed by atoms with Crippen molar-refractivity contribution in [1.29, 1.82) is 0 Å². The Morgan fingerprint density at radius 3 is 1.14 bits per heavy atom. The summed E-state index contributed by atoms with van der Waals surface area (Å²) in [4.78, 5) is 10.5. The molecule has 0 aliphatic carbocycles. The summed E-state index contributed by atoms with van der Waals surface area (Å²) in [6, 6.07) is 0. The summed E-state index contributed by atoms with van der Waals surface area (Å²) in [5, 5.41) is 19.2. The van der Waals surface area contributed by atoms with Gasteiger partial charge in [0.2, 0.25) is 0 Å². The lowest BCUT2D eigenvalue weighted by atomic mass is 10.1. The second kappa shape index (κ2) is 32.1. The number of hydrogen-bond acceptors (Lipinski definition) is 4. The molecule has 0 aliphatic rings. The van der Waals surface area contributed by atoms with Crippen molar-refractivity contribution in [3.8, 4) is 0 Å². The summed E-state index contributed by atoms with van der Waals surface area (Å²) in [5.74, 6) is -0.660. The number of hydrogen-bond donors (Lipinski definition) is 4. The zero-order chi connectivity index (χ0) is 26.2. The van der Waals surface area contributed by atoms with Crippen LogP contribution in [-0.4, -0.2) is 50.3 Å². The van der Waals surface area contributed by atoms with Crippen LogP contribution in [0.3, 0.4) is 0 Å². The minimum absolute atomic E-state index is 0.333. The van der Waals surface area contributed by atoms with E-state index in [1.807, 2.05) is 6.08 Å². The number of aliphatic carboxylic acids is 1. The van der Waals surface area contributed by atoms with Crippen molar-refractivity contribution < 1.29 is 9.90 Å². The van der Waals surface area contributed by atoms with Crippen LogP contribution >= 0.6 is 0 Å². The van der Waals surface area contributed by atoms with Crippen LogP contribution in [0.15, 0.2) is 12.7 Å². The maximum absolute atomic E-state index is 10.5. The molecule has 4 N–H and O–H groups in total. The Balaban J connectivity index is 3.02. The molecular weight excluding hydrogens is 446 g/mol. The maximum atomic E-state index is 10.5. The fourth-order valence-electron chi connectivity index (χ4n) is 4.62. The molecule has 0 aromatic heterocycles. The smallest absolute Gasteiger partial charge is 0.303 e. The van der Waals surface area contributed by atoms with E-state index in [1.165, 1.54) is 122 Å². The molecule has 0 rings (SSSR count). The summed E-state index contributed by atoms with van der Waals surface area (Å²) in [7, 11) is 0. The van der Waals surface area contributed by atoms with E-state index in [9.17, 15) is 4.79 Å². The van der Waals surface area contributed by atoms with Crippen LogP contribution in [0, 0.1) is 0 Å². The van der Waals surface area contributed by atoms with Crippen LogP contribution in [-0.2, 0) is 4.79 Å². The van der Waals surface area contributed by atoms with Crippen LogP contribution in [0.1, 0.15) is 141 Å². The normalized spacial score (nSPS) is 11.2.